The minimum atomic E-state index is -0.326. The fraction of sp³-hybridized carbons (Fsp3) is 0.167. The van der Waals surface area contributed by atoms with Crippen LogP contribution in [0.2, 0.25) is 0 Å². The van der Waals surface area contributed by atoms with Crippen molar-refractivity contribution in [2.75, 3.05) is 6.61 Å². The quantitative estimate of drug-likeness (QED) is 0.586. The number of hydrogen-bond donors (Lipinski definition) is 1. The van der Waals surface area contributed by atoms with Gasteiger partial charge in [-0.25, -0.2) is 0 Å². The lowest BCUT2D eigenvalue weighted by Crippen LogP contribution is -2.08. The van der Waals surface area contributed by atoms with E-state index in [1.54, 1.807) is 6.92 Å². The number of benzene rings is 3. The molecule has 3 nitrogen and oxygen atoms in total. The standard InChI is InChI=1S/C18H16O3/c1-2-21-17(19)11-16-14-9-4-3-7-12(14)13-8-5-6-10-15(13)18(16)20/h3-10,20H,2,11H2,1H3. The molecule has 0 aliphatic carbocycles. The molecule has 0 saturated carbocycles. The maximum Gasteiger partial charge on any atom is 0.310 e. The van der Waals surface area contributed by atoms with Crippen LogP contribution in [0, 0.1) is 0 Å². The molecule has 0 bridgehead atoms. The molecular weight excluding hydrogens is 264 g/mol. The van der Waals surface area contributed by atoms with Gasteiger partial charge < -0.3 is 9.84 Å². The van der Waals surface area contributed by atoms with Crippen molar-refractivity contribution < 1.29 is 14.6 Å². The third-order valence-corrected chi connectivity index (χ3v) is 3.64. The Morgan fingerprint density at radius 3 is 2.10 bits per heavy atom. The largest absolute Gasteiger partial charge is 0.507 e. The van der Waals surface area contributed by atoms with Gasteiger partial charge in [-0.2, -0.15) is 0 Å². The predicted octanol–water partition coefficient (Wildman–Crippen LogP) is 3.80. The van der Waals surface area contributed by atoms with Crippen molar-refractivity contribution in [2.45, 2.75) is 13.3 Å². The van der Waals surface area contributed by atoms with Crippen molar-refractivity contribution in [3.63, 3.8) is 0 Å². The number of hydrogen-bond acceptors (Lipinski definition) is 3. The van der Waals surface area contributed by atoms with Crippen LogP contribution in [-0.2, 0) is 16.0 Å². The monoisotopic (exact) mass is 280 g/mol. The first-order valence-electron chi connectivity index (χ1n) is 6.99. The third-order valence-electron chi connectivity index (χ3n) is 3.64. The number of esters is 1. The van der Waals surface area contributed by atoms with E-state index in [9.17, 15) is 9.90 Å². The lowest BCUT2D eigenvalue weighted by molar-refractivity contribution is -0.142. The smallest absolute Gasteiger partial charge is 0.310 e. The summed E-state index contributed by atoms with van der Waals surface area (Å²) in [5.41, 5.74) is 0.628. The van der Waals surface area contributed by atoms with Crippen molar-refractivity contribution in [2.24, 2.45) is 0 Å². The maximum atomic E-state index is 11.8. The highest BCUT2D eigenvalue weighted by Gasteiger charge is 2.16. The van der Waals surface area contributed by atoms with E-state index in [0.717, 1.165) is 21.5 Å². The van der Waals surface area contributed by atoms with Gasteiger partial charge in [0.05, 0.1) is 13.0 Å². The lowest BCUT2D eigenvalue weighted by Gasteiger charge is -2.13. The Morgan fingerprint density at radius 1 is 0.952 bits per heavy atom. The van der Waals surface area contributed by atoms with Gasteiger partial charge in [0.15, 0.2) is 0 Å². The molecule has 0 saturated heterocycles. The van der Waals surface area contributed by atoms with Gasteiger partial charge in [0.25, 0.3) is 0 Å². The van der Waals surface area contributed by atoms with Crippen LogP contribution in [0.15, 0.2) is 48.5 Å². The van der Waals surface area contributed by atoms with Crippen LogP contribution in [0.1, 0.15) is 12.5 Å². The number of rotatable bonds is 3. The van der Waals surface area contributed by atoms with Crippen molar-refractivity contribution in [3.8, 4) is 5.75 Å². The summed E-state index contributed by atoms with van der Waals surface area (Å²) in [5, 5.41) is 14.2. The number of carbonyl (C=O) groups excluding carboxylic acids is 1. The van der Waals surface area contributed by atoms with Crippen LogP contribution in [0.3, 0.4) is 0 Å². The molecule has 0 radical (unpaired) electrons. The summed E-state index contributed by atoms with van der Waals surface area (Å²) in [4.78, 5) is 11.8. The highest BCUT2D eigenvalue weighted by atomic mass is 16.5. The second-order valence-electron chi connectivity index (χ2n) is 4.90. The highest BCUT2D eigenvalue weighted by molar-refractivity contribution is 6.12. The van der Waals surface area contributed by atoms with Gasteiger partial charge in [-0.3, -0.25) is 4.79 Å². The summed E-state index contributed by atoms with van der Waals surface area (Å²) in [5.74, 6) is -0.161. The van der Waals surface area contributed by atoms with E-state index >= 15 is 0 Å². The first-order chi connectivity index (χ1) is 10.2. The zero-order valence-corrected chi connectivity index (χ0v) is 11.8. The molecule has 0 unspecified atom stereocenters. The average molecular weight is 280 g/mol. The summed E-state index contributed by atoms with van der Waals surface area (Å²) in [6.07, 6.45) is 0.0744. The average Bonchev–Trinajstić information content (AvgIpc) is 2.52. The number of carbonyl (C=O) groups is 1. The number of phenolic OH excluding ortho intramolecular Hbond substituents is 1. The van der Waals surface area contributed by atoms with E-state index in [-0.39, 0.29) is 18.1 Å². The summed E-state index contributed by atoms with van der Waals surface area (Å²) >= 11 is 0. The van der Waals surface area contributed by atoms with Gasteiger partial charge >= 0.3 is 5.97 Å². The number of ether oxygens (including phenoxy) is 1. The molecular formula is C18H16O3. The summed E-state index contributed by atoms with van der Waals surface area (Å²) in [6.45, 7) is 2.11. The van der Waals surface area contributed by atoms with Crippen molar-refractivity contribution in [3.05, 3.63) is 54.1 Å². The minimum Gasteiger partial charge on any atom is -0.507 e. The maximum absolute atomic E-state index is 11.8. The molecule has 3 heteroatoms. The molecule has 3 rings (SSSR count). The molecule has 1 N–H and O–H groups in total. The normalized spacial score (nSPS) is 10.9. The lowest BCUT2D eigenvalue weighted by atomic mass is 9.94. The van der Waals surface area contributed by atoms with Crippen LogP contribution in [0.25, 0.3) is 21.5 Å². The third kappa shape index (κ3) is 2.31. The number of aromatic hydroxyl groups is 1. The second kappa shape index (κ2) is 5.44. The first kappa shape index (κ1) is 13.4. The Morgan fingerprint density at radius 2 is 1.48 bits per heavy atom. The highest BCUT2D eigenvalue weighted by Crippen LogP contribution is 2.37. The van der Waals surface area contributed by atoms with Gasteiger partial charge in [-0.1, -0.05) is 48.5 Å². The van der Waals surface area contributed by atoms with Gasteiger partial charge in [-0.05, 0) is 23.1 Å². The summed E-state index contributed by atoms with van der Waals surface area (Å²) in [6, 6.07) is 15.5. The molecule has 0 aromatic heterocycles. The Bertz CT molecular complexity index is 821. The van der Waals surface area contributed by atoms with E-state index in [1.807, 2.05) is 48.5 Å². The van der Waals surface area contributed by atoms with E-state index < -0.39 is 0 Å². The van der Waals surface area contributed by atoms with Gasteiger partial charge in [0.1, 0.15) is 5.75 Å². The fourth-order valence-corrected chi connectivity index (χ4v) is 2.73. The molecule has 0 amide bonds. The van der Waals surface area contributed by atoms with Crippen molar-refractivity contribution >= 4 is 27.5 Å². The zero-order valence-electron chi connectivity index (χ0n) is 11.8. The Kier molecular flexibility index (Phi) is 3.48. The molecule has 0 spiro atoms. The van der Waals surface area contributed by atoms with Gasteiger partial charge in [0, 0.05) is 10.9 Å². The van der Waals surface area contributed by atoms with E-state index in [2.05, 4.69) is 0 Å². The molecule has 0 aliphatic heterocycles. The summed E-state index contributed by atoms with van der Waals surface area (Å²) < 4.78 is 5.01. The van der Waals surface area contributed by atoms with Crippen molar-refractivity contribution in [1.82, 2.24) is 0 Å². The SMILES string of the molecule is CCOC(=O)Cc1c(O)c2ccccc2c2ccccc12. The molecule has 21 heavy (non-hydrogen) atoms. The molecule has 106 valence electrons. The van der Waals surface area contributed by atoms with Crippen LogP contribution >= 0.6 is 0 Å². The zero-order chi connectivity index (χ0) is 14.8. The van der Waals surface area contributed by atoms with E-state index in [1.165, 1.54) is 0 Å². The van der Waals surface area contributed by atoms with Crippen LogP contribution in [0.4, 0.5) is 0 Å². The molecule has 0 heterocycles. The summed E-state index contributed by atoms with van der Waals surface area (Å²) in [7, 11) is 0. The number of fused-ring (bicyclic) bond motifs is 3. The molecule has 0 aliphatic rings. The van der Waals surface area contributed by atoms with Crippen molar-refractivity contribution in [1.29, 1.82) is 0 Å². The topological polar surface area (TPSA) is 46.5 Å². The molecule has 0 fully saturated rings. The Hall–Kier alpha value is -2.55. The molecule has 0 atom stereocenters. The van der Waals surface area contributed by atoms with Gasteiger partial charge in [-0.15, -0.1) is 0 Å². The van der Waals surface area contributed by atoms with Crippen LogP contribution < -0.4 is 0 Å². The van der Waals surface area contributed by atoms with E-state index in [4.69, 9.17) is 4.74 Å². The number of phenols is 1. The molecule has 3 aromatic rings. The van der Waals surface area contributed by atoms with E-state index in [0.29, 0.717) is 12.2 Å². The van der Waals surface area contributed by atoms with Gasteiger partial charge in [0.2, 0.25) is 0 Å². The Labute approximate surface area is 122 Å². The second-order valence-corrected chi connectivity index (χ2v) is 4.90. The molecule has 3 aromatic carbocycles. The fourth-order valence-electron chi connectivity index (χ4n) is 2.73. The first-order valence-corrected chi connectivity index (χ1v) is 6.99. The Balaban J connectivity index is 2.30. The van der Waals surface area contributed by atoms with Crippen LogP contribution in [-0.4, -0.2) is 17.7 Å². The minimum absolute atomic E-state index is 0.0744. The van der Waals surface area contributed by atoms with Crippen LogP contribution in [0.5, 0.6) is 5.75 Å². The predicted molar refractivity (Wildman–Crippen MR) is 83.5 cm³/mol.